The van der Waals surface area contributed by atoms with E-state index >= 15 is 0 Å². The first kappa shape index (κ1) is 18.3. The first-order chi connectivity index (χ1) is 12.7. The van der Waals surface area contributed by atoms with Crippen molar-refractivity contribution in [3.8, 4) is 11.5 Å². The van der Waals surface area contributed by atoms with Gasteiger partial charge in [-0.2, -0.15) is 0 Å². The van der Waals surface area contributed by atoms with Crippen LogP contribution in [-0.4, -0.2) is 38.6 Å². The minimum absolute atomic E-state index is 0.310. The van der Waals surface area contributed by atoms with Gasteiger partial charge in [-0.15, -0.1) is 0 Å². The normalized spacial score (nSPS) is 16.7. The minimum atomic E-state index is 0.310. The fraction of sp³-hybridized carbons (Fsp3) is 0.381. The second-order valence-corrected chi connectivity index (χ2v) is 6.54. The Balaban J connectivity index is 1.75. The lowest BCUT2D eigenvalue weighted by molar-refractivity contribution is -0.105. The van der Waals surface area contributed by atoms with Crippen LogP contribution in [0.2, 0.25) is 0 Å². The average Bonchev–Trinajstić information content (AvgIpc) is 2.68. The number of ether oxygens (including phenoxy) is 2. The van der Waals surface area contributed by atoms with Crippen LogP contribution in [-0.2, 0) is 17.6 Å². The molecule has 1 heterocycles. The topological polar surface area (TPSA) is 50.8 Å². The third kappa shape index (κ3) is 3.68. The molecule has 0 radical (unpaired) electrons. The molecule has 2 aromatic rings. The SMILES string of the molecule is COc1cc2c(cc1OC)C(C)N(CCc1ccccc1NC=O)CC2. The highest BCUT2D eigenvalue weighted by Gasteiger charge is 2.25. The maximum absolute atomic E-state index is 10.8. The first-order valence-corrected chi connectivity index (χ1v) is 8.94. The van der Waals surface area contributed by atoms with Crippen molar-refractivity contribution in [3.63, 3.8) is 0 Å². The van der Waals surface area contributed by atoms with Gasteiger partial charge in [0.05, 0.1) is 14.2 Å². The van der Waals surface area contributed by atoms with E-state index in [-0.39, 0.29) is 0 Å². The number of para-hydroxylation sites is 1. The van der Waals surface area contributed by atoms with Gasteiger partial charge >= 0.3 is 0 Å². The third-order valence-corrected chi connectivity index (χ3v) is 5.21. The van der Waals surface area contributed by atoms with Gasteiger partial charge in [-0.05, 0) is 54.7 Å². The second kappa shape index (κ2) is 8.23. The number of hydrogen-bond acceptors (Lipinski definition) is 4. The van der Waals surface area contributed by atoms with E-state index in [0.717, 1.165) is 55.1 Å². The van der Waals surface area contributed by atoms with Crippen molar-refractivity contribution in [3.05, 3.63) is 53.1 Å². The molecule has 5 nitrogen and oxygen atoms in total. The summed E-state index contributed by atoms with van der Waals surface area (Å²) in [4.78, 5) is 13.3. The number of carbonyl (C=O) groups excluding carboxylic acids is 1. The number of amides is 1. The molecule has 0 aliphatic carbocycles. The smallest absolute Gasteiger partial charge is 0.211 e. The summed E-state index contributed by atoms with van der Waals surface area (Å²) in [6.45, 7) is 4.18. The molecule has 5 heteroatoms. The van der Waals surface area contributed by atoms with Gasteiger partial charge < -0.3 is 14.8 Å². The van der Waals surface area contributed by atoms with Gasteiger partial charge in [0.1, 0.15) is 0 Å². The predicted octanol–water partition coefficient (Wildman–Crippen LogP) is 3.43. The van der Waals surface area contributed by atoms with Crippen LogP contribution in [0.25, 0.3) is 0 Å². The molecular formula is C21H26N2O3. The van der Waals surface area contributed by atoms with Crippen LogP contribution in [0.4, 0.5) is 5.69 Å². The molecular weight excluding hydrogens is 328 g/mol. The van der Waals surface area contributed by atoms with Crippen molar-refractivity contribution < 1.29 is 14.3 Å². The third-order valence-electron chi connectivity index (χ3n) is 5.21. The van der Waals surface area contributed by atoms with Gasteiger partial charge in [0.2, 0.25) is 6.41 Å². The van der Waals surface area contributed by atoms with Crippen molar-refractivity contribution in [1.82, 2.24) is 4.90 Å². The second-order valence-electron chi connectivity index (χ2n) is 6.54. The largest absolute Gasteiger partial charge is 0.493 e. The van der Waals surface area contributed by atoms with Crippen molar-refractivity contribution in [2.45, 2.75) is 25.8 Å². The zero-order valence-corrected chi connectivity index (χ0v) is 15.6. The van der Waals surface area contributed by atoms with E-state index in [9.17, 15) is 4.79 Å². The molecule has 0 aromatic heterocycles. The van der Waals surface area contributed by atoms with Crippen LogP contribution in [0.3, 0.4) is 0 Å². The zero-order valence-electron chi connectivity index (χ0n) is 15.6. The number of rotatable bonds is 7. The fourth-order valence-corrected chi connectivity index (χ4v) is 3.71. The van der Waals surface area contributed by atoms with Crippen molar-refractivity contribution in [2.24, 2.45) is 0 Å². The van der Waals surface area contributed by atoms with Crippen LogP contribution >= 0.6 is 0 Å². The molecule has 3 rings (SSSR count). The Hall–Kier alpha value is -2.53. The van der Waals surface area contributed by atoms with Crippen molar-refractivity contribution in [1.29, 1.82) is 0 Å². The standard InChI is InChI=1S/C21H26N2O3/c1-15-18-13-21(26-3)20(25-2)12-17(18)9-11-23(15)10-8-16-6-4-5-7-19(16)22-14-24/h4-7,12-15H,8-11H2,1-3H3,(H,22,24). The lowest BCUT2D eigenvalue weighted by Gasteiger charge is -2.36. The first-order valence-electron chi connectivity index (χ1n) is 8.94. The molecule has 1 amide bonds. The molecule has 138 valence electrons. The summed E-state index contributed by atoms with van der Waals surface area (Å²) in [6, 6.07) is 12.5. The number of hydrogen-bond donors (Lipinski definition) is 1. The number of benzene rings is 2. The van der Waals surface area contributed by atoms with Gasteiger partial charge in [-0.25, -0.2) is 0 Å². The highest BCUT2D eigenvalue weighted by Crippen LogP contribution is 2.37. The zero-order chi connectivity index (χ0) is 18.5. The Kier molecular flexibility index (Phi) is 5.78. The highest BCUT2D eigenvalue weighted by molar-refractivity contribution is 5.73. The lowest BCUT2D eigenvalue weighted by Crippen LogP contribution is -2.35. The van der Waals surface area contributed by atoms with Gasteiger partial charge in [-0.1, -0.05) is 18.2 Å². The summed E-state index contributed by atoms with van der Waals surface area (Å²) < 4.78 is 10.9. The number of nitrogens with one attached hydrogen (secondary N) is 1. The Bertz CT molecular complexity index is 776. The number of carbonyl (C=O) groups is 1. The van der Waals surface area contributed by atoms with E-state index in [1.807, 2.05) is 18.2 Å². The molecule has 0 fully saturated rings. The lowest BCUT2D eigenvalue weighted by atomic mass is 9.92. The van der Waals surface area contributed by atoms with Crippen molar-refractivity contribution in [2.75, 3.05) is 32.6 Å². The van der Waals surface area contributed by atoms with E-state index in [2.05, 4.69) is 35.3 Å². The van der Waals surface area contributed by atoms with E-state index in [4.69, 9.17) is 9.47 Å². The highest BCUT2D eigenvalue weighted by atomic mass is 16.5. The summed E-state index contributed by atoms with van der Waals surface area (Å²) >= 11 is 0. The number of anilines is 1. The molecule has 26 heavy (non-hydrogen) atoms. The number of nitrogens with zero attached hydrogens (tertiary/aromatic N) is 1. The fourth-order valence-electron chi connectivity index (χ4n) is 3.71. The molecule has 0 bridgehead atoms. The van der Waals surface area contributed by atoms with E-state index in [0.29, 0.717) is 6.04 Å². The summed E-state index contributed by atoms with van der Waals surface area (Å²) in [6.07, 6.45) is 2.62. The van der Waals surface area contributed by atoms with Gasteiger partial charge in [0, 0.05) is 24.8 Å². The molecule has 2 aromatic carbocycles. The van der Waals surface area contributed by atoms with Gasteiger partial charge in [-0.3, -0.25) is 9.69 Å². The monoisotopic (exact) mass is 354 g/mol. The minimum Gasteiger partial charge on any atom is -0.493 e. The van der Waals surface area contributed by atoms with E-state index in [1.165, 1.54) is 11.1 Å². The average molecular weight is 354 g/mol. The number of fused-ring (bicyclic) bond motifs is 1. The Morgan fingerprint density at radius 3 is 2.65 bits per heavy atom. The molecule has 0 spiro atoms. The van der Waals surface area contributed by atoms with Crippen molar-refractivity contribution >= 4 is 12.1 Å². The molecule has 0 saturated heterocycles. The van der Waals surface area contributed by atoms with Gasteiger partial charge in [0.15, 0.2) is 11.5 Å². The maximum Gasteiger partial charge on any atom is 0.211 e. The van der Waals surface area contributed by atoms with E-state index < -0.39 is 0 Å². The molecule has 1 unspecified atom stereocenters. The van der Waals surface area contributed by atoms with E-state index in [1.54, 1.807) is 14.2 Å². The molecule has 1 aliphatic rings. The summed E-state index contributed by atoms with van der Waals surface area (Å²) in [5.41, 5.74) is 4.67. The van der Waals surface area contributed by atoms with Gasteiger partial charge in [0.25, 0.3) is 0 Å². The Morgan fingerprint density at radius 2 is 1.92 bits per heavy atom. The quantitative estimate of drug-likeness (QED) is 0.774. The van der Waals surface area contributed by atoms with Crippen LogP contribution in [0.5, 0.6) is 11.5 Å². The van der Waals surface area contributed by atoms with Crippen LogP contribution in [0.15, 0.2) is 36.4 Å². The molecule has 1 N–H and O–H groups in total. The summed E-state index contributed by atoms with van der Waals surface area (Å²) in [5, 5.41) is 2.79. The number of methoxy groups -OCH3 is 2. The Morgan fingerprint density at radius 1 is 1.19 bits per heavy atom. The molecule has 1 atom stereocenters. The van der Waals surface area contributed by atoms with Crippen LogP contribution in [0.1, 0.15) is 29.7 Å². The maximum atomic E-state index is 10.8. The Labute approximate surface area is 154 Å². The summed E-state index contributed by atoms with van der Waals surface area (Å²) in [7, 11) is 3.35. The predicted molar refractivity (Wildman–Crippen MR) is 103 cm³/mol. The molecule has 0 saturated carbocycles. The van der Waals surface area contributed by atoms with Crippen LogP contribution in [0, 0.1) is 0 Å². The summed E-state index contributed by atoms with van der Waals surface area (Å²) in [5.74, 6) is 1.57. The molecule has 1 aliphatic heterocycles. The van der Waals surface area contributed by atoms with Crippen LogP contribution < -0.4 is 14.8 Å².